The number of methoxy groups -OCH3 is 1. The Kier molecular flexibility index (Phi) is 5.62. The van der Waals surface area contributed by atoms with Crippen molar-refractivity contribution in [3.05, 3.63) is 77.6 Å². The van der Waals surface area contributed by atoms with E-state index in [4.69, 9.17) is 4.74 Å². The summed E-state index contributed by atoms with van der Waals surface area (Å²) in [7, 11) is 1.40. The van der Waals surface area contributed by atoms with Crippen LogP contribution in [0, 0.1) is 6.92 Å². The number of rotatable bonds is 5. The minimum absolute atomic E-state index is 0.297. The SMILES string of the molecule is COC(=O)c1ccc(CN2CCN(c3nccn3-c3ccc(C)cc3)CC2)cc1. The molecule has 2 aromatic carbocycles. The topological polar surface area (TPSA) is 50.6 Å². The predicted octanol–water partition coefficient (Wildman–Crippen LogP) is 3.29. The van der Waals surface area contributed by atoms with Crippen molar-refractivity contribution in [2.75, 3.05) is 38.2 Å². The van der Waals surface area contributed by atoms with Gasteiger partial charge in [0.15, 0.2) is 0 Å². The van der Waals surface area contributed by atoms with Crippen LogP contribution in [0.4, 0.5) is 5.95 Å². The fraction of sp³-hybridized carbons (Fsp3) is 0.304. The maximum atomic E-state index is 11.6. The van der Waals surface area contributed by atoms with Crippen molar-refractivity contribution in [1.82, 2.24) is 14.5 Å². The van der Waals surface area contributed by atoms with Crippen LogP contribution < -0.4 is 4.90 Å². The third kappa shape index (κ3) is 4.32. The normalized spacial score (nSPS) is 14.8. The molecular formula is C23H26N4O2. The van der Waals surface area contributed by atoms with Crippen LogP contribution in [0.5, 0.6) is 0 Å². The van der Waals surface area contributed by atoms with Crippen molar-refractivity contribution in [2.24, 2.45) is 0 Å². The Hall–Kier alpha value is -3.12. The van der Waals surface area contributed by atoms with Crippen molar-refractivity contribution < 1.29 is 9.53 Å². The molecule has 0 radical (unpaired) electrons. The number of aryl methyl sites for hydroxylation is 1. The summed E-state index contributed by atoms with van der Waals surface area (Å²) in [5.41, 5.74) is 4.18. The molecular weight excluding hydrogens is 364 g/mol. The summed E-state index contributed by atoms with van der Waals surface area (Å²) in [4.78, 5) is 20.9. The van der Waals surface area contributed by atoms with E-state index in [2.05, 4.69) is 50.5 Å². The average molecular weight is 390 g/mol. The van der Waals surface area contributed by atoms with Gasteiger partial charge in [-0.1, -0.05) is 29.8 Å². The molecule has 0 N–H and O–H groups in total. The lowest BCUT2D eigenvalue weighted by Crippen LogP contribution is -2.46. The molecule has 0 bridgehead atoms. The molecule has 0 aliphatic carbocycles. The van der Waals surface area contributed by atoms with E-state index in [0.717, 1.165) is 44.4 Å². The van der Waals surface area contributed by atoms with Crippen molar-refractivity contribution >= 4 is 11.9 Å². The Labute approximate surface area is 171 Å². The number of benzene rings is 2. The Morgan fingerprint density at radius 3 is 2.34 bits per heavy atom. The van der Waals surface area contributed by atoms with Crippen LogP contribution in [-0.4, -0.2) is 53.7 Å². The van der Waals surface area contributed by atoms with Gasteiger partial charge in [-0.05, 0) is 36.8 Å². The average Bonchev–Trinajstić information content (AvgIpc) is 3.25. The summed E-state index contributed by atoms with van der Waals surface area (Å²) in [6, 6.07) is 16.2. The summed E-state index contributed by atoms with van der Waals surface area (Å²) in [5, 5.41) is 0. The first-order valence-corrected chi connectivity index (χ1v) is 9.89. The van der Waals surface area contributed by atoms with Gasteiger partial charge in [0.1, 0.15) is 0 Å². The fourth-order valence-corrected chi connectivity index (χ4v) is 3.66. The maximum Gasteiger partial charge on any atom is 0.337 e. The Bertz CT molecular complexity index is 955. The highest BCUT2D eigenvalue weighted by Crippen LogP contribution is 2.21. The van der Waals surface area contributed by atoms with Crippen molar-refractivity contribution in [1.29, 1.82) is 0 Å². The van der Waals surface area contributed by atoms with Crippen LogP contribution in [0.25, 0.3) is 5.69 Å². The molecule has 1 fully saturated rings. The zero-order chi connectivity index (χ0) is 20.2. The minimum Gasteiger partial charge on any atom is -0.465 e. The molecule has 0 unspecified atom stereocenters. The molecule has 6 nitrogen and oxygen atoms in total. The molecule has 0 saturated carbocycles. The summed E-state index contributed by atoms with van der Waals surface area (Å²) in [5.74, 6) is 0.699. The Balaban J connectivity index is 1.37. The molecule has 1 aromatic heterocycles. The molecule has 0 spiro atoms. The summed E-state index contributed by atoms with van der Waals surface area (Å²) in [6.07, 6.45) is 3.89. The molecule has 0 amide bonds. The summed E-state index contributed by atoms with van der Waals surface area (Å²) < 4.78 is 6.91. The molecule has 1 saturated heterocycles. The zero-order valence-corrected chi connectivity index (χ0v) is 16.9. The van der Waals surface area contributed by atoms with Gasteiger partial charge in [0, 0.05) is 50.8 Å². The lowest BCUT2D eigenvalue weighted by atomic mass is 10.1. The first kappa shape index (κ1) is 19.2. The third-order valence-corrected chi connectivity index (χ3v) is 5.37. The van der Waals surface area contributed by atoms with Gasteiger partial charge < -0.3 is 9.64 Å². The zero-order valence-electron chi connectivity index (χ0n) is 16.9. The molecule has 2 heterocycles. The van der Waals surface area contributed by atoms with Gasteiger partial charge >= 0.3 is 5.97 Å². The Morgan fingerprint density at radius 1 is 1.00 bits per heavy atom. The number of piperazine rings is 1. The second-order valence-corrected chi connectivity index (χ2v) is 7.38. The van der Waals surface area contributed by atoms with E-state index >= 15 is 0 Å². The minimum atomic E-state index is -0.297. The number of aromatic nitrogens is 2. The number of anilines is 1. The van der Waals surface area contributed by atoms with Gasteiger partial charge in [-0.2, -0.15) is 0 Å². The molecule has 3 aromatic rings. The highest BCUT2D eigenvalue weighted by atomic mass is 16.5. The molecule has 1 aliphatic rings. The Morgan fingerprint density at radius 2 is 1.69 bits per heavy atom. The smallest absolute Gasteiger partial charge is 0.337 e. The first-order chi connectivity index (χ1) is 14.1. The van der Waals surface area contributed by atoms with E-state index in [1.54, 1.807) is 0 Å². The van der Waals surface area contributed by atoms with Crippen LogP contribution in [0.3, 0.4) is 0 Å². The van der Waals surface area contributed by atoms with E-state index in [1.165, 1.54) is 18.2 Å². The quantitative estimate of drug-likeness (QED) is 0.626. The molecule has 4 rings (SSSR count). The van der Waals surface area contributed by atoms with Crippen LogP contribution in [-0.2, 0) is 11.3 Å². The third-order valence-electron chi connectivity index (χ3n) is 5.37. The largest absolute Gasteiger partial charge is 0.465 e. The predicted molar refractivity (Wildman–Crippen MR) is 114 cm³/mol. The van der Waals surface area contributed by atoms with Crippen molar-refractivity contribution in [3.8, 4) is 5.69 Å². The second-order valence-electron chi connectivity index (χ2n) is 7.38. The highest BCUT2D eigenvalue weighted by Gasteiger charge is 2.21. The van der Waals surface area contributed by atoms with Gasteiger partial charge in [0.2, 0.25) is 5.95 Å². The fourth-order valence-electron chi connectivity index (χ4n) is 3.66. The molecule has 29 heavy (non-hydrogen) atoms. The van der Waals surface area contributed by atoms with Crippen LogP contribution in [0.15, 0.2) is 60.9 Å². The van der Waals surface area contributed by atoms with Gasteiger partial charge in [-0.3, -0.25) is 9.47 Å². The standard InChI is InChI=1S/C23H26N4O2/c1-18-3-9-21(10-4-18)27-12-11-24-23(27)26-15-13-25(14-16-26)17-19-5-7-20(8-6-19)22(28)29-2/h3-12H,13-17H2,1-2H3. The highest BCUT2D eigenvalue weighted by molar-refractivity contribution is 5.89. The number of carbonyl (C=O) groups excluding carboxylic acids is 1. The lowest BCUT2D eigenvalue weighted by Gasteiger charge is -2.35. The second kappa shape index (κ2) is 8.49. The first-order valence-electron chi connectivity index (χ1n) is 9.89. The number of ether oxygens (including phenoxy) is 1. The molecule has 150 valence electrons. The molecule has 1 aliphatic heterocycles. The van der Waals surface area contributed by atoms with Gasteiger partial charge in [0.25, 0.3) is 0 Å². The number of esters is 1. The van der Waals surface area contributed by atoms with Crippen molar-refractivity contribution in [2.45, 2.75) is 13.5 Å². The van der Waals surface area contributed by atoms with Gasteiger partial charge in [-0.15, -0.1) is 0 Å². The summed E-state index contributed by atoms with van der Waals surface area (Å²) in [6.45, 7) is 6.79. The number of nitrogens with zero attached hydrogens (tertiary/aromatic N) is 4. The van der Waals surface area contributed by atoms with Crippen LogP contribution >= 0.6 is 0 Å². The number of hydrogen-bond donors (Lipinski definition) is 0. The maximum absolute atomic E-state index is 11.6. The van der Waals surface area contributed by atoms with Crippen molar-refractivity contribution in [3.63, 3.8) is 0 Å². The monoisotopic (exact) mass is 390 g/mol. The van der Waals surface area contributed by atoms with E-state index in [9.17, 15) is 4.79 Å². The van der Waals surface area contributed by atoms with E-state index in [-0.39, 0.29) is 5.97 Å². The number of imidazole rings is 1. The summed E-state index contributed by atoms with van der Waals surface area (Å²) >= 11 is 0. The van der Waals surface area contributed by atoms with E-state index < -0.39 is 0 Å². The number of hydrogen-bond acceptors (Lipinski definition) is 5. The van der Waals surface area contributed by atoms with Gasteiger partial charge in [-0.25, -0.2) is 9.78 Å². The van der Waals surface area contributed by atoms with Crippen LogP contribution in [0.2, 0.25) is 0 Å². The van der Waals surface area contributed by atoms with Gasteiger partial charge in [0.05, 0.1) is 12.7 Å². The van der Waals surface area contributed by atoms with E-state index in [0.29, 0.717) is 5.56 Å². The van der Waals surface area contributed by atoms with Crippen LogP contribution in [0.1, 0.15) is 21.5 Å². The molecule has 0 atom stereocenters. The van der Waals surface area contributed by atoms with E-state index in [1.807, 2.05) is 36.7 Å². The lowest BCUT2D eigenvalue weighted by molar-refractivity contribution is 0.0600. The molecule has 6 heteroatoms. The number of carbonyl (C=O) groups is 1.